The van der Waals surface area contributed by atoms with Crippen molar-refractivity contribution in [3.8, 4) is 0 Å². The molecule has 6 heteroatoms. The SMILES string of the molecule is CCn1c(=O)c2ccccc2n(CC(=O)N2CCC(Cc3ccccc3)CC2)c1=O. The topological polar surface area (TPSA) is 64.3 Å². The average molecular weight is 405 g/mol. The maximum Gasteiger partial charge on any atom is 0.331 e. The van der Waals surface area contributed by atoms with E-state index in [0.717, 1.165) is 19.3 Å². The van der Waals surface area contributed by atoms with Crippen molar-refractivity contribution in [2.45, 2.75) is 39.3 Å². The summed E-state index contributed by atoms with van der Waals surface area (Å²) in [6, 6.07) is 17.5. The molecule has 0 saturated carbocycles. The van der Waals surface area contributed by atoms with E-state index in [1.807, 2.05) is 11.0 Å². The van der Waals surface area contributed by atoms with Crippen LogP contribution in [0.15, 0.2) is 64.2 Å². The van der Waals surface area contributed by atoms with E-state index in [9.17, 15) is 14.4 Å². The number of fused-ring (bicyclic) bond motifs is 1. The minimum atomic E-state index is -0.423. The molecule has 4 rings (SSSR count). The molecular formula is C24H27N3O3. The molecular weight excluding hydrogens is 378 g/mol. The summed E-state index contributed by atoms with van der Waals surface area (Å²) in [5.41, 5.74) is 1.13. The number of piperidine rings is 1. The van der Waals surface area contributed by atoms with Gasteiger partial charge in [-0.1, -0.05) is 42.5 Å². The van der Waals surface area contributed by atoms with Crippen LogP contribution >= 0.6 is 0 Å². The zero-order chi connectivity index (χ0) is 21.1. The number of likely N-dealkylation sites (tertiary alicyclic amines) is 1. The van der Waals surface area contributed by atoms with Gasteiger partial charge in [0.2, 0.25) is 5.91 Å². The van der Waals surface area contributed by atoms with Crippen molar-refractivity contribution in [1.29, 1.82) is 0 Å². The van der Waals surface area contributed by atoms with Crippen LogP contribution in [0.1, 0.15) is 25.3 Å². The van der Waals surface area contributed by atoms with Crippen LogP contribution in [0.5, 0.6) is 0 Å². The predicted octanol–water partition coefficient (Wildman–Crippen LogP) is 2.66. The highest BCUT2D eigenvalue weighted by atomic mass is 16.2. The number of aromatic nitrogens is 2. The fraction of sp³-hybridized carbons (Fsp3) is 0.375. The molecule has 6 nitrogen and oxygen atoms in total. The van der Waals surface area contributed by atoms with Crippen molar-refractivity contribution in [3.63, 3.8) is 0 Å². The summed E-state index contributed by atoms with van der Waals surface area (Å²) in [5.74, 6) is 0.503. The lowest BCUT2D eigenvalue weighted by molar-refractivity contribution is -0.133. The minimum absolute atomic E-state index is 0.0387. The van der Waals surface area contributed by atoms with E-state index in [4.69, 9.17) is 0 Å². The molecule has 0 bridgehead atoms. The Labute approximate surface area is 175 Å². The number of hydrogen-bond donors (Lipinski definition) is 0. The molecule has 0 unspecified atom stereocenters. The molecule has 1 aromatic heterocycles. The minimum Gasteiger partial charge on any atom is -0.341 e. The van der Waals surface area contributed by atoms with Gasteiger partial charge in [-0.15, -0.1) is 0 Å². The predicted molar refractivity (Wildman–Crippen MR) is 118 cm³/mol. The van der Waals surface area contributed by atoms with Gasteiger partial charge in [-0.25, -0.2) is 4.79 Å². The van der Waals surface area contributed by atoms with Crippen LogP contribution in [0.2, 0.25) is 0 Å². The number of rotatable bonds is 5. The van der Waals surface area contributed by atoms with E-state index in [1.165, 1.54) is 14.7 Å². The van der Waals surface area contributed by atoms with E-state index >= 15 is 0 Å². The van der Waals surface area contributed by atoms with Crippen molar-refractivity contribution in [2.24, 2.45) is 5.92 Å². The van der Waals surface area contributed by atoms with E-state index < -0.39 is 5.69 Å². The fourth-order valence-corrected chi connectivity index (χ4v) is 4.37. The Hall–Kier alpha value is -3.15. The Bertz CT molecular complexity index is 1160. The first-order valence-corrected chi connectivity index (χ1v) is 10.6. The second-order valence-corrected chi connectivity index (χ2v) is 7.95. The number of carbonyl (C=O) groups is 1. The summed E-state index contributed by atoms with van der Waals surface area (Å²) in [6.07, 6.45) is 2.96. The molecule has 0 N–H and O–H groups in total. The lowest BCUT2D eigenvalue weighted by atomic mass is 9.90. The maximum absolute atomic E-state index is 13.0. The Morgan fingerprint density at radius 3 is 2.30 bits per heavy atom. The molecule has 3 aromatic rings. The molecule has 2 heterocycles. The van der Waals surface area contributed by atoms with Gasteiger partial charge < -0.3 is 4.90 Å². The summed E-state index contributed by atoms with van der Waals surface area (Å²) < 4.78 is 2.64. The molecule has 1 aliphatic rings. The highest BCUT2D eigenvalue weighted by Crippen LogP contribution is 2.22. The first-order valence-electron chi connectivity index (χ1n) is 10.6. The number of amides is 1. The summed E-state index contributed by atoms with van der Waals surface area (Å²) in [4.78, 5) is 40.3. The van der Waals surface area contributed by atoms with E-state index in [0.29, 0.717) is 29.9 Å². The first kappa shape index (κ1) is 20.1. The fourth-order valence-electron chi connectivity index (χ4n) is 4.37. The third-order valence-electron chi connectivity index (χ3n) is 6.08. The molecule has 2 aromatic carbocycles. The number of benzene rings is 2. The third kappa shape index (κ3) is 3.95. The van der Waals surface area contributed by atoms with Crippen LogP contribution < -0.4 is 11.2 Å². The van der Waals surface area contributed by atoms with Crippen LogP contribution in [0.25, 0.3) is 10.9 Å². The van der Waals surface area contributed by atoms with Gasteiger partial charge in [-0.05, 0) is 49.8 Å². The summed E-state index contributed by atoms with van der Waals surface area (Å²) >= 11 is 0. The molecule has 1 aliphatic heterocycles. The van der Waals surface area contributed by atoms with Crippen molar-refractivity contribution >= 4 is 16.8 Å². The molecule has 0 radical (unpaired) electrons. The number of para-hydroxylation sites is 1. The Morgan fingerprint density at radius 2 is 1.60 bits per heavy atom. The summed E-state index contributed by atoms with van der Waals surface area (Å²) in [7, 11) is 0. The van der Waals surface area contributed by atoms with Crippen LogP contribution in [-0.2, 0) is 24.3 Å². The lowest BCUT2D eigenvalue weighted by Gasteiger charge is -2.32. The van der Waals surface area contributed by atoms with Gasteiger partial charge in [0.1, 0.15) is 6.54 Å². The monoisotopic (exact) mass is 405 g/mol. The number of nitrogens with zero attached hydrogens (tertiary/aromatic N) is 3. The Balaban J connectivity index is 1.49. The molecule has 0 aliphatic carbocycles. The zero-order valence-corrected chi connectivity index (χ0v) is 17.3. The van der Waals surface area contributed by atoms with E-state index in [-0.39, 0.29) is 24.6 Å². The van der Waals surface area contributed by atoms with Gasteiger partial charge in [0.25, 0.3) is 5.56 Å². The zero-order valence-electron chi connectivity index (χ0n) is 17.3. The van der Waals surface area contributed by atoms with E-state index in [2.05, 4.69) is 24.3 Å². The largest absolute Gasteiger partial charge is 0.341 e. The lowest BCUT2D eigenvalue weighted by Crippen LogP contribution is -2.45. The highest BCUT2D eigenvalue weighted by molar-refractivity contribution is 5.81. The third-order valence-corrected chi connectivity index (χ3v) is 6.08. The summed E-state index contributed by atoms with van der Waals surface area (Å²) in [5, 5.41) is 0.466. The molecule has 0 atom stereocenters. The smallest absolute Gasteiger partial charge is 0.331 e. The van der Waals surface area contributed by atoms with Crippen molar-refractivity contribution in [3.05, 3.63) is 81.0 Å². The Morgan fingerprint density at radius 1 is 0.933 bits per heavy atom. The second kappa shape index (κ2) is 8.69. The Kier molecular flexibility index (Phi) is 5.84. The van der Waals surface area contributed by atoms with Gasteiger partial charge in [0.15, 0.2) is 0 Å². The van der Waals surface area contributed by atoms with Gasteiger partial charge in [-0.3, -0.25) is 18.7 Å². The van der Waals surface area contributed by atoms with Crippen LogP contribution in [-0.4, -0.2) is 33.0 Å². The molecule has 0 spiro atoms. The van der Waals surface area contributed by atoms with Crippen molar-refractivity contribution in [1.82, 2.24) is 14.0 Å². The normalized spacial score (nSPS) is 14.9. The standard InChI is InChI=1S/C24H27N3O3/c1-2-26-23(29)20-10-6-7-11-21(20)27(24(26)30)17-22(28)25-14-12-19(13-15-25)16-18-8-4-3-5-9-18/h3-11,19H,2,12-17H2,1H3. The summed E-state index contributed by atoms with van der Waals surface area (Å²) in [6.45, 7) is 3.42. The molecule has 30 heavy (non-hydrogen) atoms. The van der Waals surface area contributed by atoms with Crippen LogP contribution in [0, 0.1) is 5.92 Å². The average Bonchev–Trinajstić information content (AvgIpc) is 2.78. The molecule has 1 saturated heterocycles. The highest BCUT2D eigenvalue weighted by Gasteiger charge is 2.24. The van der Waals surface area contributed by atoms with Crippen molar-refractivity contribution in [2.75, 3.05) is 13.1 Å². The van der Waals surface area contributed by atoms with Gasteiger partial charge in [-0.2, -0.15) is 0 Å². The molecule has 1 amide bonds. The van der Waals surface area contributed by atoms with Gasteiger partial charge in [0.05, 0.1) is 10.9 Å². The first-order chi connectivity index (χ1) is 14.6. The van der Waals surface area contributed by atoms with Crippen molar-refractivity contribution < 1.29 is 4.79 Å². The molecule has 156 valence electrons. The van der Waals surface area contributed by atoms with E-state index in [1.54, 1.807) is 31.2 Å². The number of hydrogen-bond acceptors (Lipinski definition) is 3. The number of carbonyl (C=O) groups excluding carboxylic acids is 1. The second-order valence-electron chi connectivity index (χ2n) is 7.95. The maximum atomic E-state index is 13.0. The van der Waals surface area contributed by atoms with Gasteiger partial charge in [0, 0.05) is 19.6 Å². The van der Waals surface area contributed by atoms with Crippen LogP contribution in [0.3, 0.4) is 0 Å². The van der Waals surface area contributed by atoms with Gasteiger partial charge >= 0.3 is 5.69 Å². The quantitative estimate of drug-likeness (QED) is 0.656. The van der Waals surface area contributed by atoms with Crippen LogP contribution in [0.4, 0.5) is 0 Å². The molecule has 1 fully saturated rings.